The summed E-state index contributed by atoms with van der Waals surface area (Å²) in [6.45, 7) is 7.26. The van der Waals surface area contributed by atoms with E-state index in [0.29, 0.717) is 5.41 Å². The molecule has 0 spiro atoms. The topological polar surface area (TPSA) is 0 Å². The van der Waals surface area contributed by atoms with Crippen LogP contribution in [0.2, 0.25) is 0 Å². The highest BCUT2D eigenvalue weighted by Gasteiger charge is 2.46. The number of hydrogen-bond acceptors (Lipinski definition) is 0. The predicted octanol–water partition coefficient (Wildman–Crippen LogP) is 3.86. The van der Waals surface area contributed by atoms with Crippen molar-refractivity contribution in [3.63, 3.8) is 0 Å². The van der Waals surface area contributed by atoms with Crippen LogP contribution in [0.4, 0.5) is 0 Å². The molecule has 0 aromatic rings. The van der Waals surface area contributed by atoms with Gasteiger partial charge in [-0.1, -0.05) is 40.0 Å². The van der Waals surface area contributed by atoms with E-state index in [1.54, 1.807) is 0 Å². The smallest absolute Gasteiger partial charge is 0.0332 e. The average Bonchev–Trinajstić information content (AvgIpc) is 1.88. The van der Waals surface area contributed by atoms with E-state index in [2.05, 4.69) is 20.8 Å². The van der Waals surface area contributed by atoms with E-state index in [1.165, 1.54) is 32.1 Å². The molecule has 2 aliphatic rings. The number of fused-ring (bicyclic) bond motifs is 1. The van der Waals surface area contributed by atoms with Gasteiger partial charge in [-0.05, 0) is 36.0 Å². The zero-order valence-corrected chi connectivity index (χ0v) is 8.77. The first-order valence-corrected chi connectivity index (χ1v) is 5.59. The van der Waals surface area contributed by atoms with E-state index in [4.69, 9.17) is 0 Å². The highest BCUT2D eigenvalue weighted by atomic mass is 14.5. The molecule has 0 N–H and O–H groups in total. The number of rotatable bonds is 0. The van der Waals surface area contributed by atoms with Gasteiger partial charge >= 0.3 is 0 Å². The van der Waals surface area contributed by atoms with Gasteiger partial charge in [0.15, 0.2) is 0 Å². The fourth-order valence-electron chi connectivity index (χ4n) is 3.36. The van der Waals surface area contributed by atoms with Crippen molar-refractivity contribution in [3.8, 4) is 0 Å². The van der Waals surface area contributed by atoms with E-state index in [0.717, 1.165) is 17.8 Å². The van der Waals surface area contributed by atoms with Crippen LogP contribution in [0.1, 0.15) is 52.9 Å². The van der Waals surface area contributed by atoms with Crippen LogP contribution in [0.25, 0.3) is 0 Å². The van der Waals surface area contributed by atoms with Crippen molar-refractivity contribution in [2.24, 2.45) is 23.2 Å². The summed E-state index contributed by atoms with van der Waals surface area (Å²) in [6, 6.07) is 0. The Morgan fingerprint density at radius 1 is 1.00 bits per heavy atom. The number of hydrogen-bond donors (Lipinski definition) is 0. The molecule has 12 heavy (non-hydrogen) atoms. The fraction of sp³-hybridized carbons (Fsp3) is 1.00. The maximum Gasteiger partial charge on any atom is -0.0332 e. The predicted molar refractivity (Wildman–Crippen MR) is 53.0 cm³/mol. The van der Waals surface area contributed by atoms with E-state index in [-0.39, 0.29) is 0 Å². The van der Waals surface area contributed by atoms with Gasteiger partial charge in [0.2, 0.25) is 0 Å². The van der Waals surface area contributed by atoms with Gasteiger partial charge in [-0.2, -0.15) is 0 Å². The molecule has 3 unspecified atom stereocenters. The van der Waals surface area contributed by atoms with Crippen LogP contribution in [0.15, 0.2) is 0 Å². The molecule has 2 rings (SSSR count). The highest BCUT2D eigenvalue weighted by molar-refractivity contribution is 4.96. The summed E-state index contributed by atoms with van der Waals surface area (Å²) in [5, 5.41) is 0. The monoisotopic (exact) mass is 166 g/mol. The van der Waals surface area contributed by atoms with E-state index >= 15 is 0 Å². The summed E-state index contributed by atoms with van der Waals surface area (Å²) in [7, 11) is 0. The summed E-state index contributed by atoms with van der Waals surface area (Å²) in [5.74, 6) is 3.28. The average molecular weight is 166 g/mol. The molecule has 0 bridgehead atoms. The van der Waals surface area contributed by atoms with Crippen LogP contribution in [0.3, 0.4) is 0 Å². The molecule has 70 valence electrons. The van der Waals surface area contributed by atoms with Crippen molar-refractivity contribution in [2.75, 3.05) is 0 Å². The van der Waals surface area contributed by atoms with Crippen molar-refractivity contribution in [1.29, 1.82) is 0 Å². The van der Waals surface area contributed by atoms with Gasteiger partial charge in [0.25, 0.3) is 0 Å². The molecule has 0 aromatic heterocycles. The van der Waals surface area contributed by atoms with Crippen LogP contribution in [0, 0.1) is 23.2 Å². The molecular formula is C12H22. The van der Waals surface area contributed by atoms with Gasteiger partial charge < -0.3 is 0 Å². The lowest BCUT2D eigenvalue weighted by atomic mass is 9.52. The summed E-state index contributed by atoms with van der Waals surface area (Å²) in [4.78, 5) is 0. The van der Waals surface area contributed by atoms with Crippen molar-refractivity contribution in [1.82, 2.24) is 0 Å². The minimum Gasteiger partial charge on any atom is -0.0599 e. The van der Waals surface area contributed by atoms with E-state index in [9.17, 15) is 0 Å². The third kappa shape index (κ3) is 1.30. The van der Waals surface area contributed by atoms with Crippen LogP contribution >= 0.6 is 0 Å². The Kier molecular flexibility index (Phi) is 1.97. The molecule has 0 aliphatic heterocycles. The maximum atomic E-state index is 2.42. The zero-order valence-electron chi connectivity index (χ0n) is 8.77. The summed E-state index contributed by atoms with van der Waals surface area (Å²) < 4.78 is 0. The second-order valence-electron chi connectivity index (χ2n) is 5.92. The lowest BCUT2D eigenvalue weighted by Crippen LogP contribution is -2.45. The van der Waals surface area contributed by atoms with Gasteiger partial charge in [-0.3, -0.25) is 0 Å². The van der Waals surface area contributed by atoms with Crippen molar-refractivity contribution < 1.29 is 0 Å². The Bertz CT molecular complexity index is 163. The summed E-state index contributed by atoms with van der Waals surface area (Å²) >= 11 is 0. The van der Waals surface area contributed by atoms with Crippen LogP contribution in [-0.4, -0.2) is 0 Å². The summed E-state index contributed by atoms with van der Waals surface area (Å²) in [5.41, 5.74) is 0.582. The molecule has 0 radical (unpaired) electrons. The molecule has 3 atom stereocenters. The molecule has 2 saturated carbocycles. The molecule has 0 amide bonds. The van der Waals surface area contributed by atoms with Crippen molar-refractivity contribution >= 4 is 0 Å². The minimum absolute atomic E-state index is 0.582. The third-order valence-corrected chi connectivity index (χ3v) is 4.15. The normalized spacial score (nSPS) is 41.8. The van der Waals surface area contributed by atoms with Crippen LogP contribution in [0.5, 0.6) is 0 Å². The largest absolute Gasteiger partial charge is 0.0599 e. The Balaban J connectivity index is 1.97. The Morgan fingerprint density at radius 3 is 2.25 bits per heavy atom. The second-order valence-corrected chi connectivity index (χ2v) is 5.92. The molecule has 0 saturated heterocycles. The second kappa shape index (κ2) is 2.75. The molecule has 0 aromatic carbocycles. The Morgan fingerprint density at radius 2 is 1.67 bits per heavy atom. The molecule has 0 nitrogen and oxygen atoms in total. The van der Waals surface area contributed by atoms with Gasteiger partial charge in [0.05, 0.1) is 0 Å². The van der Waals surface area contributed by atoms with E-state index in [1.807, 2.05) is 0 Å². The van der Waals surface area contributed by atoms with Crippen LogP contribution in [-0.2, 0) is 0 Å². The first-order chi connectivity index (χ1) is 5.59. The first kappa shape index (κ1) is 8.59. The van der Waals surface area contributed by atoms with Gasteiger partial charge in [0.1, 0.15) is 0 Å². The first-order valence-electron chi connectivity index (χ1n) is 5.59. The highest BCUT2D eigenvalue weighted by Crippen LogP contribution is 2.55. The SMILES string of the molecule is CC(C)(C)C1CC2CCCCC21. The molecule has 2 fully saturated rings. The van der Waals surface area contributed by atoms with Gasteiger partial charge in [-0.25, -0.2) is 0 Å². The zero-order chi connectivity index (χ0) is 8.77. The minimum atomic E-state index is 0.582. The molecule has 0 heterocycles. The van der Waals surface area contributed by atoms with Gasteiger partial charge in [-0.15, -0.1) is 0 Å². The lowest BCUT2D eigenvalue weighted by molar-refractivity contribution is -0.0385. The fourth-order valence-corrected chi connectivity index (χ4v) is 3.36. The van der Waals surface area contributed by atoms with E-state index < -0.39 is 0 Å². The quantitative estimate of drug-likeness (QED) is 0.512. The van der Waals surface area contributed by atoms with Gasteiger partial charge in [0, 0.05) is 0 Å². The van der Waals surface area contributed by atoms with Crippen molar-refractivity contribution in [2.45, 2.75) is 52.9 Å². The Labute approximate surface area is 76.7 Å². The third-order valence-electron chi connectivity index (χ3n) is 4.15. The van der Waals surface area contributed by atoms with Crippen molar-refractivity contribution in [3.05, 3.63) is 0 Å². The Hall–Kier alpha value is 0. The molecular weight excluding hydrogens is 144 g/mol. The maximum absolute atomic E-state index is 2.42. The van der Waals surface area contributed by atoms with Crippen LogP contribution < -0.4 is 0 Å². The lowest BCUT2D eigenvalue weighted by Gasteiger charge is -2.53. The molecule has 2 aliphatic carbocycles. The summed E-state index contributed by atoms with van der Waals surface area (Å²) in [6.07, 6.45) is 7.63. The standard InChI is InChI=1S/C12H22/c1-12(2,3)11-8-9-6-4-5-7-10(9)11/h9-11H,4-8H2,1-3H3. The molecule has 0 heteroatoms.